The van der Waals surface area contributed by atoms with E-state index in [1.165, 1.54) is 0 Å². The molecule has 2 heterocycles. The molecule has 0 saturated carbocycles. The minimum absolute atomic E-state index is 0.0142. The molecular weight excluding hydrogens is 278 g/mol. The molecule has 0 bridgehead atoms. The van der Waals surface area contributed by atoms with Gasteiger partial charge in [0.25, 0.3) is 0 Å². The number of nitrogens with one attached hydrogen (secondary N) is 1. The fourth-order valence-corrected chi connectivity index (χ4v) is 2.34. The summed E-state index contributed by atoms with van der Waals surface area (Å²) < 4.78 is 11.5. The number of unbranched alkanes of at least 4 members (excludes halogenated alkanes) is 1. The molecule has 0 spiro atoms. The van der Waals surface area contributed by atoms with Crippen LogP contribution < -0.4 is 10.1 Å². The zero-order chi connectivity index (χ0) is 15.8. The molecule has 1 unspecified atom stereocenters. The molecule has 0 aliphatic carbocycles. The number of hydrogen-bond acceptors (Lipinski definition) is 5. The number of anilines is 1. The van der Waals surface area contributed by atoms with Gasteiger partial charge in [-0.15, -0.1) is 0 Å². The summed E-state index contributed by atoms with van der Waals surface area (Å²) in [4.78, 5) is 9.15. The predicted octanol–water partition coefficient (Wildman–Crippen LogP) is 3.97. The van der Waals surface area contributed by atoms with Gasteiger partial charge in [-0.25, -0.2) is 4.98 Å². The van der Waals surface area contributed by atoms with Crippen molar-refractivity contribution in [3.05, 3.63) is 11.9 Å². The van der Waals surface area contributed by atoms with Gasteiger partial charge in [0.15, 0.2) is 5.82 Å². The van der Waals surface area contributed by atoms with Gasteiger partial charge < -0.3 is 14.8 Å². The van der Waals surface area contributed by atoms with Gasteiger partial charge in [-0.2, -0.15) is 4.98 Å². The molecule has 22 heavy (non-hydrogen) atoms. The molecule has 2 rings (SSSR count). The first-order valence-electron chi connectivity index (χ1n) is 8.56. The van der Waals surface area contributed by atoms with Crippen molar-refractivity contribution in [1.29, 1.82) is 0 Å². The Labute approximate surface area is 133 Å². The van der Waals surface area contributed by atoms with Crippen molar-refractivity contribution in [3.63, 3.8) is 0 Å². The lowest BCUT2D eigenvalue weighted by molar-refractivity contribution is 0.104. The third kappa shape index (κ3) is 5.44. The van der Waals surface area contributed by atoms with Gasteiger partial charge in [-0.05, 0) is 31.6 Å². The van der Waals surface area contributed by atoms with Gasteiger partial charge in [0, 0.05) is 19.2 Å². The Morgan fingerprint density at radius 1 is 1.41 bits per heavy atom. The molecular formula is C17H29N3O2. The maximum Gasteiger partial charge on any atom is 0.218 e. The van der Waals surface area contributed by atoms with Crippen LogP contribution in [0.4, 0.5) is 5.82 Å². The Balaban J connectivity index is 2.05. The van der Waals surface area contributed by atoms with Gasteiger partial charge in [-0.3, -0.25) is 0 Å². The fourth-order valence-electron chi connectivity index (χ4n) is 2.34. The third-order valence-corrected chi connectivity index (χ3v) is 3.71. The van der Waals surface area contributed by atoms with Crippen LogP contribution in [0.15, 0.2) is 6.07 Å². The van der Waals surface area contributed by atoms with E-state index in [4.69, 9.17) is 9.47 Å². The Morgan fingerprint density at radius 3 is 2.95 bits per heavy atom. The van der Waals surface area contributed by atoms with Gasteiger partial charge in [0.2, 0.25) is 5.88 Å². The summed E-state index contributed by atoms with van der Waals surface area (Å²) in [6.45, 7) is 9.00. The number of ether oxygens (including phenoxy) is 2. The van der Waals surface area contributed by atoms with Gasteiger partial charge in [0.1, 0.15) is 11.9 Å². The summed E-state index contributed by atoms with van der Waals surface area (Å²) in [5.74, 6) is 2.92. The molecule has 5 heteroatoms. The molecule has 124 valence electrons. The standard InChI is InChI=1S/C17H29N3O2/c1-4-5-10-22-16-12-15(18-9-8-13(2)3)19-17(20-16)14-7-6-11-21-14/h12-14H,4-11H2,1-3H3,(H,18,19,20). The third-order valence-electron chi connectivity index (χ3n) is 3.71. The van der Waals surface area contributed by atoms with Crippen LogP contribution in [-0.2, 0) is 4.74 Å². The van der Waals surface area contributed by atoms with E-state index in [-0.39, 0.29) is 6.10 Å². The lowest BCUT2D eigenvalue weighted by Gasteiger charge is -2.14. The summed E-state index contributed by atoms with van der Waals surface area (Å²) in [7, 11) is 0. The minimum Gasteiger partial charge on any atom is -0.478 e. The topological polar surface area (TPSA) is 56.3 Å². The van der Waals surface area contributed by atoms with E-state index in [1.54, 1.807) is 0 Å². The normalized spacial score (nSPS) is 17.9. The van der Waals surface area contributed by atoms with Crippen LogP contribution in [0.2, 0.25) is 0 Å². The highest BCUT2D eigenvalue weighted by atomic mass is 16.5. The van der Waals surface area contributed by atoms with E-state index in [1.807, 2.05) is 6.07 Å². The fraction of sp³-hybridized carbons (Fsp3) is 0.765. The van der Waals surface area contributed by atoms with Gasteiger partial charge in [0.05, 0.1) is 6.61 Å². The smallest absolute Gasteiger partial charge is 0.218 e. The van der Waals surface area contributed by atoms with Crippen LogP contribution in [-0.4, -0.2) is 29.7 Å². The van der Waals surface area contributed by atoms with Crippen LogP contribution in [0.5, 0.6) is 5.88 Å². The number of nitrogens with zero attached hydrogens (tertiary/aromatic N) is 2. The molecule has 1 aromatic rings. The quantitative estimate of drug-likeness (QED) is 0.700. The predicted molar refractivity (Wildman–Crippen MR) is 88.3 cm³/mol. The summed E-state index contributed by atoms with van der Waals surface area (Å²) in [6.07, 6.45) is 5.35. The van der Waals surface area contributed by atoms with Crippen LogP contribution in [0.3, 0.4) is 0 Å². The largest absolute Gasteiger partial charge is 0.478 e. The van der Waals surface area contributed by atoms with Crippen molar-refractivity contribution in [2.75, 3.05) is 25.1 Å². The molecule has 1 aliphatic heterocycles. The van der Waals surface area contributed by atoms with Crippen LogP contribution >= 0.6 is 0 Å². The average Bonchev–Trinajstić information content (AvgIpc) is 3.01. The molecule has 5 nitrogen and oxygen atoms in total. The maximum atomic E-state index is 5.77. The van der Waals surface area contributed by atoms with Crippen LogP contribution in [0, 0.1) is 5.92 Å². The molecule has 0 amide bonds. The maximum absolute atomic E-state index is 5.77. The van der Waals surface area contributed by atoms with Crippen molar-refractivity contribution >= 4 is 5.82 Å². The van der Waals surface area contributed by atoms with Crippen LogP contribution in [0.1, 0.15) is 64.8 Å². The number of aromatic nitrogens is 2. The summed E-state index contributed by atoms with van der Waals surface area (Å²) in [6, 6.07) is 1.90. The molecule has 1 N–H and O–H groups in total. The lowest BCUT2D eigenvalue weighted by Crippen LogP contribution is -2.11. The second-order valence-corrected chi connectivity index (χ2v) is 6.26. The first-order chi connectivity index (χ1) is 10.7. The highest BCUT2D eigenvalue weighted by molar-refractivity contribution is 5.38. The second kappa shape index (κ2) is 8.93. The van der Waals surface area contributed by atoms with Crippen molar-refractivity contribution in [2.45, 2.75) is 59.0 Å². The molecule has 1 saturated heterocycles. The van der Waals surface area contributed by atoms with Crippen molar-refractivity contribution in [2.24, 2.45) is 5.92 Å². The second-order valence-electron chi connectivity index (χ2n) is 6.26. The summed E-state index contributed by atoms with van der Waals surface area (Å²) >= 11 is 0. The van der Waals surface area contributed by atoms with Crippen molar-refractivity contribution in [3.8, 4) is 5.88 Å². The van der Waals surface area contributed by atoms with Crippen molar-refractivity contribution in [1.82, 2.24) is 9.97 Å². The van der Waals surface area contributed by atoms with E-state index in [9.17, 15) is 0 Å². The molecule has 1 atom stereocenters. The highest BCUT2D eigenvalue weighted by Crippen LogP contribution is 2.28. The SMILES string of the molecule is CCCCOc1cc(NCCC(C)C)nc(C2CCCO2)n1. The zero-order valence-electron chi connectivity index (χ0n) is 14.1. The van der Waals surface area contributed by atoms with E-state index >= 15 is 0 Å². The van der Waals surface area contributed by atoms with Gasteiger partial charge >= 0.3 is 0 Å². The van der Waals surface area contributed by atoms with E-state index < -0.39 is 0 Å². The summed E-state index contributed by atoms with van der Waals surface area (Å²) in [5.41, 5.74) is 0. The Hall–Kier alpha value is -1.36. The Morgan fingerprint density at radius 2 is 2.27 bits per heavy atom. The Kier molecular flexibility index (Phi) is 6.90. The van der Waals surface area contributed by atoms with E-state index in [2.05, 4.69) is 36.1 Å². The molecule has 1 aliphatic rings. The minimum atomic E-state index is 0.0142. The number of hydrogen-bond donors (Lipinski definition) is 1. The first kappa shape index (κ1) is 17.0. The average molecular weight is 307 g/mol. The molecule has 1 aromatic heterocycles. The van der Waals surface area contributed by atoms with E-state index in [0.717, 1.165) is 56.9 Å². The van der Waals surface area contributed by atoms with E-state index in [0.29, 0.717) is 18.4 Å². The molecule has 1 fully saturated rings. The number of rotatable bonds is 9. The highest BCUT2D eigenvalue weighted by Gasteiger charge is 2.22. The monoisotopic (exact) mass is 307 g/mol. The first-order valence-corrected chi connectivity index (χ1v) is 8.56. The molecule has 0 aromatic carbocycles. The molecule has 0 radical (unpaired) electrons. The Bertz CT molecular complexity index is 446. The van der Waals surface area contributed by atoms with Crippen LogP contribution in [0.25, 0.3) is 0 Å². The summed E-state index contributed by atoms with van der Waals surface area (Å²) in [5, 5.41) is 3.38. The zero-order valence-corrected chi connectivity index (χ0v) is 14.1. The van der Waals surface area contributed by atoms with Gasteiger partial charge in [-0.1, -0.05) is 27.2 Å². The van der Waals surface area contributed by atoms with Crippen molar-refractivity contribution < 1.29 is 9.47 Å². The lowest BCUT2D eigenvalue weighted by atomic mass is 10.1.